The van der Waals surface area contributed by atoms with Crippen molar-refractivity contribution in [2.24, 2.45) is 0 Å². The zero-order valence-electron chi connectivity index (χ0n) is 21.0. The number of rotatable bonds is 13. The van der Waals surface area contributed by atoms with Gasteiger partial charge in [0.05, 0.1) is 24.7 Å². The molecule has 0 aliphatic rings. The van der Waals surface area contributed by atoms with Gasteiger partial charge < -0.3 is 25.3 Å². The van der Waals surface area contributed by atoms with E-state index in [2.05, 4.69) is 51.6 Å². The van der Waals surface area contributed by atoms with E-state index in [0.717, 1.165) is 42.5 Å². The Bertz CT molecular complexity index is 1170. The minimum Gasteiger partial charge on any atom is -0.481 e. The molecule has 38 heavy (non-hydrogen) atoms. The third kappa shape index (κ3) is 10.2. The number of carboxylic acids is 3. The number of hydrogen-bond donors (Lipinski definition) is 5. The highest BCUT2D eigenvalue weighted by molar-refractivity contribution is 7.09. The van der Waals surface area contributed by atoms with E-state index >= 15 is 0 Å². The average Bonchev–Trinajstić information content (AvgIpc) is 3.49. The minimum atomic E-state index is -2.74. The van der Waals surface area contributed by atoms with Crippen molar-refractivity contribution in [3.05, 3.63) is 63.4 Å². The molecule has 0 spiro atoms. The van der Waals surface area contributed by atoms with Crippen molar-refractivity contribution in [3.63, 3.8) is 0 Å². The topological polar surface area (TPSA) is 167 Å². The van der Waals surface area contributed by atoms with Crippen LogP contribution in [-0.2, 0) is 27.5 Å². The van der Waals surface area contributed by atoms with Gasteiger partial charge in [0.15, 0.2) is 5.60 Å². The van der Waals surface area contributed by atoms with Gasteiger partial charge in [-0.3, -0.25) is 19.6 Å². The molecule has 0 aliphatic carbocycles. The molecule has 13 heteroatoms. The quantitative estimate of drug-likeness (QED) is 0.207. The van der Waals surface area contributed by atoms with E-state index in [1.807, 2.05) is 30.5 Å². The van der Waals surface area contributed by atoms with Gasteiger partial charge >= 0.3 is 17.9 Å². The molecule has 0 aliphatic heterocycles. The Hall–Kier alpha value is -3.29. The number of carboxylic acid groups (broad SMARTS) is 3. The molecule has 0 amide bonds. The maximum Gasteiger partial charge on any atom is 0.336 e. The molecule has 2 heterocycles. The predicted molar refractivity (Wildman–Crippen MR) is 143 cm³/mol. The van der Waals surface area contributed by atoms with Crippen LogP contribution in [-0.4, -0.2) is 91.1 Å². The molecular formula is C25H31ClN4O7S. The van der Waals surface area contributed by atoms with E-state index in [1.165, 1.54) is 10.4 Å². The van der Waals surface area contributed by atoms with Gasteiger partial charge in [0.25, 0.3) is 0 Å². The molecule has 0 saturated heterocycles. The van der Waals surface area contributed by atoms with Crippen LogP contribution in [0.15, 0.2) is 48.0 Å². The second kappa shape index (κ2) is 14.6. The molecule has 0 fully saturated rings. The van der Waals surface area contributed by atoms with Gasteiger partial charge in [0.2, 0.25) is 0 Å². The second-order valence-corrected chi connectivity index (χ2v) is 10.3. The lowest BCUT2D eigenvalue weighted by molar-refractivity contribution is -0.170. The number of H-pyrrole nitrogens is 1. The third-order valence-electron chi connectivity index (χ3n) is 5.35. The van der Waals surface area contributed by atoms with Crippen LogP contribution in [0.2, 0.25) is 5.02 Å². The van der Waals surface area contributed by atoms with Gasteiger partial charge in [0.1, 0.15) is 0 Å². The summed E-state index contributed by atoms with van der Waals surface area (Å²) in [7, 11) is 4.22. The largest absolute Gasteiger partial charge is 0.481 e. The summed E-state index contributed by atoms with van der Waals surface area (Å²) < 4.78 is 0. The van der Waals surface area contributed by atoms with E-state index in [1.54, 1.807) is 11.3 Å². The summed E-state index contributed by atoms with van der Waals surface area (Å²) in [5.74, 6) is -5.02. The van der Waals surface area contributed by atoms with Crippen molar-refractivity contribution >= 4 is 40.8 Å². The van der Waals surface area contributed by atoms with Crippen molar-refractivity contribution < 1.29 is 34.8 Å². The predicted octanol–water partition coefficient (Wildman–Crippen LogP) is 3.11. The van der Waals surface area contributed by atoms with E-state index in [-0.39, 0.29) is 0 Å². The highest BCUT2D eigenvalue weighted by Gasteiger charge is 2.40. The van der Waals surface area contributed by atoms with E-state index in [0.29, 0.717) is 0 Å². The Morgan fingerprint density at radius 1 is 1.00 bits per heavy atom. The lowest BCUT2D eigenvalue weighted by Gasteiger charge is -2.23. The standard InChI is InChI=1S/C19H23ClN4S.C6H8O7/c1-23(2)9-10-24(14-18-4-3-11-25-18)13-16-12-21-22-19(16)15-5-7-17(20)8-6-15;7-3(8)1-6(13,5(11)12)2-4(9)10/h3-8,11-12H,9-10,13-14H2,1-2H3,(H,21,22);13H,1-2H2,(H,7,8)(H,9,10)(H,11,12). The van der Waals surface area contributed by atoms with Crippen LogP contribution in [0.3, 0.4) is 0 Å². The number of aliphatic carboxylic acids is 3. The molecule has 0 atom stereocenters. The van der Waals surface area contributed by atoms with Gasteiger partial charge in [-0.25, -0.2) is 4.79 Å². The number of nitrogens with one attached hydrogen (secondary N) is 1. The highest BCUT2D eigenvalue weighted by atomic mass is 35.5. The minimum absolute atomic E-state index is 0.745. The van der Waals surface area contributed by atoms with Crippen molar-refractivity contribution in [2.45, 2.75) is 31.5 Å². The van der Waals surface area contributed by atoms with Crippen LogP contribution in [0.25, 0.3) is 11.3 Å². The van der Waals surface area contributed by atoms with Crippen LogP contribution in [0, 0.1) is 0 Å². The molecule has 206 valence electrons. The molecule has 3 aromatic rings. The first-order valence-corrected chi connectivity index (χ1v) is 12.7. The summed E-state index contributed by atoms with van der Waals surface area (Å²) in [6.45, 7) is 3.85. The molecule has 3 rings (SSSR count). The average molecular weight is 567 g/mol. The summed E-state index contributed by atoms with van der Waals surface area (Å²) in [4.78, 5) is 36.6. The second-order valence-electron chi connectivity index (χ2n) is 8.85. The Morgan fingerprint density at radius 3 is 2.13 bits per heavy atom. The maximum absolute atomic E-state index is 10.3. The van der Waals surface area contributed by atoms with E-state index < -0.39 is 36.4 Å². The molecule has 1 aromatic carbocycles. The number of halogens is 1. The molecule has 5 N–H and O–H groups in total. The fraction of sp³-hybridized carbons (Fsp3) is 0.360. The van der Waals surface area contributed by atoms with Gasteiger partial charge in [-0.1, -0.05) is 29.8 Å². The first-order chi connectivity index (χ1) is 17.9. The van der Waals surface area contributed by atoms with Crippen molar-refractivity contribution in [2.75, 3.05) is 27.2 Å². The lowest BCUT2D eigenvalue weighted by Crippen LogP contribution is -2.42. The molecular weight excluding hydrogens is 536 g/mol. The van der Waals surface area contributed by atoms with Crippen molar-refractivity contribution in [3.8, 4) is 11.3 Å². The van der Waals surface area contributed by atoms with Gasteiger partial charge in [-0.15, -0.1) is 11.3 Å². The van der Waals surface area contributed by atoms with Gasteiger partial charge in [0, 0.05) is 41.6 Å². The normalized spacial score (nSPS) is 11.3. The first kappa shape index (κ1) is 30.9. The number of thiophene rings is 1. The Morgan fingerprint density at radius 2 is 1.63 bits per heavy atom. The van der Waals surface area contributed by atoms with Gasteiger partial charge in [-0.2, -0.15) is 5.10 Å². The molecule has 2 aromatic heterocycles. The Kier molecular flexibility index (Phi) is 11.9. The molecule has 0 radical (unpaired) electrons. The lowest BCUT2D eigenvalue weighted by atomic mass is 9.96. The summed E-state index contributed by atoms with van der Waals surface area (Å²) in [5.41, 5.74) is 0.647. The third-order valence-corrected chi connectivity index (χ3v) is 6.47. The molecule has 0 unspecified atom stereocenters. The smallest absolute Gasteiger partial charge is 0.336 e. The monoisotopic (exact) mass is 566 g/mol. The van der Waals surface area contributed by atoms with Crippen LogP contribution in [0.4, 0.5) is 0 Å². The molecule has 11 nitrogen and oxygen atoms in total. The first-order valence-electron chi connectivity index (χ1n) is 11.5. The number of aromatic nitrogens is 2. The number of benzene rings is 1. The van der Waals surface area contributed by atoms with Crippen LogP contribution in [0.1, 0.15) is 23.3 Å². The number of aliphatic hydroxyl groups is 1. The summed E-state index contributed by atoms with van der Waals surface area (Å²) >= 11 is 7.82. The number of carbonyl (C=O) groups is 3. The molecule has 0 bridgehead atoms. The van der Waals surface area contributed by atoms with Crippen LogP contribution >= 0.6 is 22.9 Å². The van der Waals surface area contributed by atoms with E-state index in [4.69, 9.17) is 32.0 Å². The Labute approximate surface area is 228 Å². The summed E-state index contributed by atoms with van der Waals surface area (Å²) in [6, 6.07) is 12.2. The Balaban J connectivity index is 0.000000332. The zero-order chi connectivity index (χ0) is 28.3. The fourth-order valence-electron chi connectivity index (χ4n) is 3.43. The van der Waals surface area contributed by atoms with Crippen LogP contribution in [0.5, 0.6) is 0 Å². The zero-order valence-corrected chi connectivity index (χ0v) is 22.6. The van der Waals surface area contributed by atoms with Crippen molar-refractivity contribution in [1.82, 2.24) is 20.0 Å². The van der Waals surface area contributed by atoms with Gasteiger partial charge in [-0.05, 0) is 43.2 Å². The molecule has 0 saturated carbocycles. The summed E-state index contributed by atoms with van der Waals surface area (Å²) in [6.07, 6.45) is -0.357. The number of nitrogens with zero attached hydrogens (tertiary/aromatic N) is 3. The fourth-order valence-corrected chi connectivity index (χ4v) is 4.30. The van der Waals surface area contributed by atoms with Crippen LogP contribution < -0.4 is 0 Å². The maximum atomic E-state index is 10.3. The number of likely N-dealkylation sites (N-methyl/N-ethyl adjacent to an activating group) is 1. The number of hydrogen-bond acceptors (Lipinski definition) is 8. The van der Waals surface area contributed by atoms with Crippen molar-refractivity contribution in [1.29, 1.82) is 0 Å². The SMILES string of the molecule is CN(C)CCN(Cc1cccs1)Cc1cn[nH]c1-c1ccc(Cl)cc1.O=C(O)CC(O)(CC(=O)O)C(=O)O. The van der Waals surface area contributed by atoms with E-state index in [9.17, 15) is 14.4 Å². The summed E-state index contributed by atoms with van der Waals surface area (Å²) in [5, 5.41) is 44.1. The number of aromatic amines is 1. The highest BCUT2D eigenvalue weighted by Crippen LogP contribution is 2.25.